The number of hydrogen-bond donors (Lipinski definition) is 1. The van der Waals surface area contributed by atoms with Crippen LogP contribution in [0.25, 0.3) is 0 Å². The minimum absolute atomic E-state index is 0.0652. The average Bonchev–Trinajstić information content (AvgIpc) is 3.11. The molecule has 1 aromatic heterocycles. The number of carbonyl (C=O) groups excluding carboxylic acids is 1. The van der Waals surface area contributed by atoms with E-state index in [4.69, 9.17) is 14.6 Å². The molecule has 1 aliphatic carbocycles. The summed E-state index contributed by atoms with van der Waals surface area (Å²) in [7, 11) is 2.10. The Morgan fingerprint density at radius 1 is 1.28 bits per heavy atom. The Morgan fingerprint density at radius 3 is 2.62 bits per heavy atom. The molecule has 32 heavy (non-hydrogen) atoms. The number of amides is 1. The number of ether oxygens (including phenoxy) is 2. The molecule has 182 valence electrons. The van der Waals surface area contributed by atoms with Crippen molar-refractivity contribution in [3.05, 3.63) is 17.5 Å². The van der Waals surface area contributed by atoms with Gasteiger partial charge in [-0.2, -0.15) is 5.10 Å². The van der Waals surface area contributed by atoms with Gasteiger partial charge in [-0.25, -0.2) is 9.48 Å². The van der Waals surface area contributed by atoms with Crippen molar-refractivity contribution in [1.29, 1.82) is 0 Å². The summed E-state index contributed by atoms with van der Waals surface area (Å²) < 4.78 is 13.4. The van der Waals surface area contributed by atoms with E-state index in [1.165, 1.54) is 43.4 Å². The summed E-state index contributed by atoms with van der Waals surface area (Å²) in [5.41, 5.74) is 2.51. The van der Waals surface area contributed by atoms with Gasteiger partial charge in [0.1, 0.15) is 11.8 Å². The van der Waals surface area contributed by atoms with Crippen molar-refractivity contribution in [1.82, 2.24) is 20.0 Å². The summed E-state index contributed by atoms with van der Waals surface area (Å²) in [4.78, 5) is 14.2. The molecule has 0 bridgehead atoms. The van der Waals surface area contributed by atoms with Gasteiger partial charge in [-0.05, 0) is 78.2 Å². The van der Waals surface area contributed by atoms with Crippen molar-refractivity contribution in [2.45, 2.75) is 104 Å². The van der Waals surface area contributed by atoms with E-state index in [0.717, 1.165) is 32.5 Å². The summed E-state index contributed by atoms with van der Waals surface area (Å²) in [5.74, 6) is 0.524. The van der Waals surface area contributed by atoms with Crippen LogP contribution in [-0.4, -0.2) is 53.1 Å². The highest BCUT2D eigenvalue weighted by Crippen LogP contribution is 2.43. The van der Waals surface area contributed by atoms with Gasteiger partial charge in [-0.15, -0.1) is 0 Å². The van der Waals surface area contributed by atoms with Crippen molar-refractivity contribution in [3.63, 3.8) is 0 Å². The maximum absolute atomic E-state index is 11.9. The van der Waals surface area contributed by atoms with Gasteiger partial charge in [0, 0.05) is 43.9 Å². The van der Waals surface area contributed by atoms with Crippen LogP contribution in [0.15, 0.2) is 6.20 Å². The fourth-order valence-corrected chi connectivity index (χ4v) is 4.69. The van der Waals surface area contributed by atoms with Gasteiger partial charge in [0.25, 0.3) is 0 Å². The Bertz CT molecular complexity index is 737. The first-order valence-corrected chi connectivity index (χ1v) is 12.4. The zero-order chi connectivity index (χ0) is 23.4. The number of rotatable bonds is 7. The molecule has 7 nitrogen and oxygen atoms in total. The van der Waals surface area contributed by atoms with E-state index in [2.05, 4.69) is 42.0 Å². The topological polar surface area (TPSA) is 68.6 Å². The lowest BCUT2D eigenvalue weighted by molar-refractivity contribution is -0.0398. The van der Waals surface area contributed by atoms with Crippen LogP contribution in [0, 0.1) is 5.41 Å². The van der Waals surface area contributed by atoms with Crippen LogP contribution in [0.5, 0.6) is 0 Å². The van der Waals surface area contributed by atoms with Gasteiger partial charge in [0.2, 0.25) is 0 Å². The lowest BCUT2D eigenvalue weighted by Gasteiger charge is -2.34. The molecule has 1 unspecified atom stereocenters. The van der Waals surface area contributed by atoms with Crippen molar-refractivity contribution in [2.24, 2.45) is 5.41 Å². The van der Waals surface area contributed by atoms with Crippen LogP contribution in [-0.2, 0) is 16.0 Å². The van der Waals surface area contributed by atoms with Gasteiger partial charge in [0.15, 0.2) is 0 Å². The molecular weight excluding hydrogens is 404 g/mol. The molecule has 1 amide bonds. The second-order valence-electron chi connectivity index (χ2n) is 11.4. The number of hydrogen-bond acceptors (Lipinski definition) is 5. The monoisotopic (exact) mass is 448 g/mol. The molecule has 2 fully saturated rings. The summed E-state index contributed by atoms with van der Waals surface area (Å²) in [5, 5.41) is 7.94. The predicted molar refractivity (Wildman–Crippen MR) is 127 cm³/mol. The first kappa shape index (κ1) is 25.0. The van der Waals surface area contributed by atoms with E-state index in [1.807, 2.05) is 20.8 Å². The Hall–Kier alpha value is -1.60. The van der Waals surface area contributed by atoms with E-state index < -0.39 is 5.60 Å². The molecule has 1 saturated heterocycles. The average molecular weight is 449 g/mol. The number of alkyl carbamates (subject to hydrolysis) is 1. The minimum Gasteiger partial charge on any atom is -0.444 e. The van der Waals surface area contributed by atoms with Crippen LogP contribution in [0.3, 0.4) is 0 Å². The standard InChI is InChI=1S/C25H44N4O3/c1-24(2,3)32-23(30)26-14-15-28(6)17-20-18-29(21-9-7-8-16-31-21)27-22(20)19-10-12-25(4,5)13-11-19/h18-19,21H,7-17H2,1-6H3,(H,26,30). The number of aromatic nitrogens is 2. The van der Waals surface area contributed by atoms with E-state index in [0.29, 0.717) is 17.9 Å². The SMILES string of the molecule is CN(CCNC(=O)OC(C)(C)C)Cc1cn(C2CCCCO2)nc1C1CCC(C)(C)CC1. The fourth-order valence-electron chi connectivity index (χ4n) is 4.69. The van der Waals surface area contributed by atoms with Crippen molar-refractivity contribution >= 4 is 6.09 Å². The van der Waals surface area contributed by atoms with Gasteiger partial charge >= 0.3 is 6.09 Å². The van der Waals surface area contributed by atoms with Gasteiger partial charge in [-0.3, -0.25) is 0 Å². The molecular formula is C25H44N4O3. The predicted octanol–water partition coefficient (Wildman–Crippen LogP) is 5.22. The minimum atomic E-state index is -0.477. The van der Waals surface area contributed by atoms with Gasteiger partial charge in [0.05, 0.1) is 5.69 Å². The van der Waals surface area contributed by atoms with Crippen LogP contribution < -0.4 is 5.32 Å². The van der Waals surface area contributed by atoms with Gasteiger partial charge < -0.3 is 19.7 Å². The highest BCUT2D eigenvalue weighted by Gasteiger charge is 2.31. The van der Waals surface area contributed by atoms with Crippen molar-refractivity contribution in [3.8, 4) is 0 Å². The Balaban J connectivity index is 1.63. The number of nitrogens with zero attached hydrogens (tertiary/aromatic N) is 3. The van der Waals surface area contributed by atoms with E-state index in [9.17, 15) is 4.79 Å². The molecule has 7 heteroatoms. The molecule has 1 aromatic rings. The molecule has 1 N–H and O–H groups in total. The molecule has 0 aromatic carbocycles. The normalized spacial score (nSPS) is 22.2. The molecule has 0 radical (unpaired) electrons. The maximum atomic E-state index is 11.9. The first-order valence-electron chi connectivity index (χ1n) is 12.4. The summed E-state index contributed by atoms with van der Waals surface area (Å²) >= 11 is 0. The zero-order valence-electron chi connectivity index (χ0n) is 21.1. The fraction of sp³-hybridized carbons (Fsp3) is 0.840. The zero-order valence-corrected chi connectivity index (χ0v) is 21.1. The lowest BCUT2D eigenvalue weighted by atomic mass is 9.72. The largest absolute Gasteiger partial charge is 0.444 e. The third-order valence-corrected chi connectivity index (χ3v) is 6.62. The van der Waals surface area contributed by atoms with Crippen molar-refractivity contribution in [2.75, 3.05) is 26.7 Å². The first-order chi connectivity index (χ1) is 15.0. The van der Waals surface area contributed by atoms with Crippen LogP contribution in [0.1, 0.15) is 103 Å². The maximum Gasteiger partial charge on any atom is 0.407 e. The second kappa shape index (κ2) is 10.6. The third-order valence-electron chi connectivity index (χ3n) is 6.62. The van der Waals surface area contributed by atoms with Crippen LogP contribution in [0.2, 0.25) is 0 Å². The highest BCUT2D eigenvalue weighted by molar-refractivity contribution is 5.67. The summed E-state index contributed by atoms with van der Waals surface area (Å²) in [6.07, 6.45) is 10.2. The second-order valence-corrected chi connectivity index (χ2v) is 11.4. The Labute approximate surface area is 194 Å². The molecule has 3 rings (SSSR count). The number of nitrogens with one attached hydrogen (secondary N) is 1. The molecule has 1 aliphatic heterocycles. The third kappa shape index (κ3) is 7.48. The Kier molecular flexibility index (Phi) is 8.26. The van der Waals surface area contributed by atoms with E-state index >= 15 is 0 Å². The van der Waals surface area contributed by atoms with E-state index in [1.54, 1.807) is 0 Å². The van der Waals surface area contributed by atoms with Crippen LogP contribution in [0.4, 0.5) is 4.79 Å². The van der Waals surface area contributed by atoms with E-state index in [-0.39, 0.29) is 12.3 Å². The summed E-state index contributed by atoms with van der Waals surface area (Å²) in [6.45, 7) is 13.3. The smallest absolute Gasteiger partial charge is 0.407 e. The number of likely N-dealkylation sites (N-methyl/N-ethyl adjacent to an activating group) is 1. The lowest BCUT2D eigenvalue weighted by Crippen LogP contribution is -2.36. The molecule has 1 atom stereocenters. The summed E-state index contributed by atoms with van der Waals surface area (Å²) in [6, 6.07) is 0. The number of carbonyl (C=O) groups is 1. The molecule has 1 saturated carbocycles. The molecule has 2 heterocycles. The Morgan fingerprint density at radius 2 is 2.00 bits per heavy atom. The quantitative estimate of drug-likeness (QED) is 0.619. The molecule has 0 spiro atoms. The van der Waals surface area contributed by atoms with Crippen molar-refractivity contribution < 1.29 is 14.3 Å². The highest BCUT2D eigenvalue weighted by atomic mass is 16.6. The van der Waals surface area contributed by atoms with Crippen LogP contribution >= 0.6 is 0 Å². The van der Waals surface area contributed by atoms with Gasteiger partial charge in [-0.1, -0.05) is 13.8 Å². The molecule has 2 aliphatic rings.